The number of Topliss-reactive ketones (excluding diaryl/α,β-unsaturated/α-hetero) is 1. The molecule has 0 radical (unpaired) electrons. The van der Waals surface area contributed by atoms with Crippen molar-refractivity contribution >= 4 is 11.8 Å². The second-order valence-electron chi connectivity index (χ2n) is 4.45. The average molecular weight is 242 g/mol. The summed E-state index contributed by atoms with van der Waals surface area (Å²) in [6.07, 6.45) is 6.98. The summed E-state index contributed by atoms with van der Waals surface area (Å²) < 4.78 is 10.3. The molecule has 0 aromatic rings. The first kappa shape index (κ1) is 14.2. The zero-order chi connectivity index (χ0) is 12.5. The summed E-state index contributed by atoms with van der Waals surface area (Å²) >= 11 is 0. The molecule has 17 heavy (non-hydrogen) atoms. The van der Waals surface area contributed by atoms with Crippen molar-refractivity contribution in [1.29, 1.82) is 0 Å². The second kappa shape index (κ2) is 8.23. The Morgan fingerprint density at radius 2 is 1.76 bits per heavy atom. The van der Waals surface area contributed by atoms with Gasteiger partial charge in [-0.3, -0.25) is 9.59 Å². The molecule has 1 aliphatic carbocycles. The van der Waals surface area contributed by atoms with Gasteiger partial charge < -0.3 is 9.47 Å². The highest BCUT2D eigenvalue weighted by atomic mass is 16.5. The van der Waals surface area contributed by atoms with Crippen LogP contribution in [0.2, 0.25) is 0 Å². The summed E-state index contributed by atoms with van der Waals surface area (Å²) in [6.45, 7) is 2.09. The molecule has 0 N–H and O–H groups in total. The molecule has 0 aromatic heterocycles. The maximum absolute atomic E-state index is 11.4. The predicted octanol–water partition coefficient (Wildman–Crippen LogP) is 2.25. The Morgan fingerprint density at radius 3 is 2.35 bits per heavy atom. The van der Waals surface area contributed by atoms with Crippen LogP contribution in [0.15, 0.2) is 0 Å². The molecule has 0 amide bonds. The van der Waals surface area contributed by atoms with E-state index in [1.54, 1.807) is 6.92 Å². The first-order valence-electron chi connectivity index (χ1n) is 6.51. The third kappa shape index (κ3) is 6.41. The van der Waals surface area contributed by atoms with Crippen molar-refractivity contribution in [1.82, 2.24) is 0 Å². The Morgan fingerprint density at radius 1 is 1.12 bits per heavy atom. The van der Waals surface area contributed by atoms with Crippen molar-refractivity contribution in [2.75, 3.05) is 13.2 Å². The molecule has 1 aliphatic rings. The van der Waals surface area contributed by atoms with Gasteiger partial charge in [0.25, 0.3) is 0 Å². The molecule has 0 atom stereocenters. The molecule has 4 heteroatoms. The van der Waals surface area contributed by atoms with Crippen LogP contribution in [-0.4, -0.2) is 31.1 Å². The molecular weight excluding hydrogens is 220 g/mol. The molecule has 1 saturated carbocycles. The van der Waals surface area contributed by atoms with E-state index in [1.165, 1.54) is 25.7 Å². The van der Waals surface area contributed by atoms with E-state index < -0.39 is 5.97 Å². The molecule has 98 valence electrons. The minimum Gasteiger partial charge on any atom is -0.466 e. The summed E-state index contributed by atoms with van der Waals surface area (Å²) in [5.41, 5.74) is 0. The quantitative estimate of drug-likeness (QED) is 0.407. The Hall–Kier alpha value is -0.900. The number of ether oxygens (including phenoxy) is 2. The lowest BCUT2D eigenvalue weighted by Gasteiger charge is -2.14. The first-order chi connectivity index (χ1) is 8.22. The van der Waals surface area contributed by atoms with Crippen molar-refractivity contribution in [3.8, 4) is 0 Å². The summed E-state index contributed by atoms with van der Waals surface area (Å²) in [7, 11) is 0. The monoisotopic (exact) mass is 242 g/mol. The largest absolute Gasteiger partial charge is 0.466 e. The third-order valence-electron chi connectivity index (χ3n) is 2.93. The van der Waals surface area contributed by atoms with E-state index in [-0.39, 0.29) is 24.9 Å². The Kier molecular flexibility index (Phi) is 6.86. The summed E-state index contributed by atoms with van der Waals surface area (Å²) in [5, 5.41) is 0. The summed E-state index contributed by atoms with van der Waals surface area (Å²) in [6, 6.07) is 0. The molecule has 0 spiro atoms. The zero-order valence-electron chi connectivity index (χ0n) is 10.6. The van der Waals surface area contributed by atoms with Crippen LogP contribution < -0.4 is 0 Å². The van der Waals surface area contributed by atoms with Gasteiger partial charge in [-0.2, -0.15) is 0 Å². The number of hydrogen-bond donors (Lipinski definition) is 0. The van der Waals surface area contributed by atoms with E-state index in [0.29, 0.717) is 6.61 Å². The van der Waals surface area contributed by atoms with Crippen LogP contribution in [0.4, 0.5) is 0 Å². The molecule has 0 aliphatic heterocycles. The van der Waals surface area contributed by atoms with Gasteiger partial charge in [0.15, 0.2) is 5.78 Å². The van der Waals surface area contributed by atoms with Crippen LogP contribution in [0.3, 0.4) is 0 Å². The molecule has 0 aromatic carbocycles. The van der Waals surface area contributed by atoms with Crippen molar-refractivity contribution in [3.05, 3.63) is 0 Å². The van der Waals surface area contributed by atoms with Crippen LogP contribution in [0.1, 0.15) is 51.9 Å². The SMILES string of the molecule is CCOC(=O)CC(=O)COC1CCCCCC1. The number of rotatable bonds is 6. The van der Waals surface area contributed by atoms with Crippen LogP contribution in [0, 0.1) is 0 Å². The number of carbonyl (C=O) groups is 2. The molecule has 0 unspecified atom stereocenters. The predicted molar refractivity (Wildman–Crippen MR) is 63.7 cm³/mol. The Balaban J connectivity index is 2.15. The van der Waals surface area contributed by atoms with Crippen LogP contribution in [-0.2, 0) is 19.1 Å². The van der Waals surface area contributed by atoms with E-state index in [0.717, 1.165) is 12.8 Å². The van der Waals surface area contributed by atoms with Gasteiger partial charge in [-0.15, -0.1) is 0 Å². The standard InChI is InChI=1S/C13H22O4/c1-2-16-13(15)9-11(14)10-17-12-7-5-3-4-6-8-12/h12H,2-10H2,1H3. The van der Waals surface area contributed by atoms with E-state index in [1.807, 2.05) is 0 Å². The molecule has 4 nitrogen and oxygen atoms in total. The Labute approximate surface area is 103 Å². The maximum Gasteiger partial charge on any atom is 0.313 e. The van der Waals surface area contributed by atoms with Crippen LogP contribution in [0.5, 0.6) is 0 Å². The van der Waals surface area contributed by atoms with Crippen molar-refractivity contribution in [2.24, 2.45) is 0 Å². The van der Waals surface area contributed by atoms with Gasteiger partial charge in [0, 0.05) is 0 Å². The lowest BCUT2D eigenvalue weighted by molar-refractivity contribution is -0.146. The molecule has 0 heterocycles. The molecule has 0 bridgehead atoms. The average Bonchev–Trinajstić information content (AvgIpc) is 2.55. The highest BCUT2D eigenvalue weighted by Gasteiger charge is 2.16. The topological polar surface area (TPSA) is 52.6 Å². The molecule has 1 fully saturated rings. The number of ketones is 1. The smallest absolute Gasteiger partial charge is 0.313 e. The van der Waals surface area contributed by atoms with Gasteiger partial charge in [0.05, 0.1) is 12.7 Å². The lowest BCUT2D eigenvalue weighted by atomic mass is 10.1. The van der Waals surface area contributed by atoms with E-state index >= 15 is 0 Å². The third-order valence-corrected chi connectivity index (χ3v) is 2.93. The normalized spacial score (nSPS) is 17.5. The number of hydrogen-bond acceptors (Lipinski definition) is 4. The molecule has 0 saturated heterocycles. The summed E-state index contributed by atoms with van der Waals surface area (Å²) in [4.78, 5) is 22.5. The van der Waals surface area contributed by atoms with Crippen molar-refractivity contribution < 1.29 is 19.1 Å². The Bertz CT molecular complexity index is 242. The summed E-state index contributed by atoms with van der Waals surface area (Å²) in [5.74, 6) is -0.644. The van der Waals surface area contributed by atoms with E-state index in [9.17, 15) is 9.59 Å². The lowest BCUT2D eigenvalue weighted by Crippen LogP contribution is -2.20. The van der Waals surface area contributed by atoms with Crippen molar-refractivity contribution in [2.45, 2.75) is 58.0 Å². The first-order valence-corrected chi connectivity index (χ1v) is 6.51. The fourth-order valence-corrected chi connectivity index (χ4v) is 2.04. The molecule has 1 rings (SSSR count). The number of carbonyl (C=O) groups excluding carboxylic acids is 2. The van der Waals surface area contributed by atoms with E-state index in [4.69, 9.17) is 9.47 Å². The zero-order valence-corrected chi connectivity index (χ0v) is 10.6. The fraction of sp³-hybridized carbons (Fsp3) is 0.846. The second-order valence-corrected chi connectivity index (χ2v) is 4.45. The maximum atomic E-state index is 11.4. The van der Waals surface area contributed by atoms with Gasteiger partial charge in [-0.1, -0.05) is 25.7 Å². The van der Waals surface area contributed by atoms with Crippen LogP contribution >= 0.6 is 0 Å². The highest BCUT2D eigenvalue weighted by Crippen LogP contribution is 2.19. The fourth-order valence-electron chi connectivity index (χ4n) is 2.04. The van der Waals surface area contributed by atoms with Crippen LogP contribution in [0.25, 0.3) is 0 Å². The molecular formula is C13H22O4. The van der Waals surface area contributed by atoms with Gasteiger partial charge in [-0.05, 0) is 19.8 Å². The minimum atomic E-state index is -0.457. The minimum absolute atomic E-state index is 0.0451. The number of esters is 1. The highest BCUT2D eigenvalue weighted by molar-refractivity contribution is 5.96. The van der Waals surface area contributed by atoms with Gasteiger partial charge in [0.2, 0.25) is 0 Å². The van der Waals surface area contributed by atoms with Gasteiger partial charge in [-0.25, -0.2) is 0 Å². The van der Waals surface area contributed by atoms with E-state index in [2.05, 4.69) is 0 Å². The van der Waals surface area contributed by atoms with Crippen molar-refractivity contribution in [3.63, 3.8) is 0 Å². The van der Waals surface area contributed by atoms with Gasteiger partial charge in [0.1, 0.15) is 13.0 Å². The van der Waals surface area contributed by atoms with Gasteiger partial charge >= 0.3 is 5.97 Å².